The Kier molecular flexibility index (Phi) is 4.07. The molecule has 0 aliphatic carbocycles. The topological polar surface area (TPSA) is 52.3 Å². The average Bonchev–Trinajstić information content (AvgIpc) is 2.18. The predicted molar refractivity (Wildman–Crippen MR) is 57.2 cm³/mol. The fourth-order valence-corrected chi connectivity index (χ4v) is 1.66. The van der Waals surface area contributed by atoms with Gasteiger partial charge in [-0.3, -0.25) is 4.79 Å². The lowest BCUT2D eigenvalue weighted by Gasteiger charge is -2.03. The van der Waals surface area contributed by atoms with E-state index in [1.54, 1.807) is 12.5 Å². The average molecular weight is 209 g/mol. The maximum atomic E-state index is 10.4. The second kappa shape index (κ2) is 5.34. The molecule has 0 atom stereocenters. The Balaban J connectivity index is 2.71. The molecule has 1 aromatic carbocycles. The number of primary amides is 1. The summed E-state index contributed by atoms with van der Waals surface area (Å²) in [7, 11) is 1.61. The van der Waals surface area contributed by atoms with Gasteiger partial charge in [0.25, 0.3) is 0 Å². The van der Waals surface area contributed by atoms with Crippen LogP contribution < -0.4 is 10.5 Å². The Morgan fingerprint density at radius 3 is 2.86 bits per heavy atom. The molecule has 1 amide bonds. The van der Waals surface area contributed by atoms with Gasteiger partial charge in [0.1, 0.15) is 5.75 Å². The van der Waals surface area contributed by atoms with Crippen LogP contribution in [0.1, 0.15) is 0 Å². The van der Waals surface area contributed by atoms with E-state index < -0.39 is 5.91 Å². The summed E-state index contributed by atoms with van der Waals surface area (Å²) in [6.07, 6.45) is 1.32. The van der Waals surface area contributed by atoms with Crippen molar-refractivity contribution in [3.05, 3.63) is 35.7 Å². The number of hydrogen-bond donors (Lipinski definition) is 1. The van der Waals surface area contributed by atoms with Crippen LogP contribution in [-0.2, 0) is 4.79 Å². The Morgan fingerprint density at radius 2 is 2.21 bits per heavy atom. The van der Waals surface area contributed by atoms with Gasteiger partial charge in [0.2, 0.25) is 5.91 Å². The summed E-state index contributed by atoms with van der Waals surface area (Å²) in [6.45, 7) is 0. The highest BCUT2D eigenvalue weighted by Crippen LogP contribution is 2.29. The number of para-hydroxylation sites is 1. The maximum Gasteiger partial charge on any atom is 0.241 e. The summed E-state index contributed by atoms with van der Waals surface area (Å²) in [5.74, 6) is 0.332. The van der Waals surface area contributed by atoms with Crippen LogP contribution in [0.2, 0.25) is 0 Å². The molecule has 0 fully saturated rings. The van der Waals surface area contributed by atoms with Crippen molar-refractivity contribution in [1.82, 2.24) is 0 Å². The number of thioether (sulfide) groups is 1. The van der Waals surface area contributed by atoms with Crippen LogP contribution in [0.25, 0.3) is 0 Å². The molecule has 0 heterocycles. The van der Waals surface area contributed by atoms with Crippen molar-refractivity contribution in [3.8, 4) is 5.75 Å². The minimum Gasteiger partial charge on any atom is -0.496 e. The second-order valence-electron chi connectivity index (χ2n) is 2.47. The lowest BCUT2D eigenvalue weighted by Crippen LogP contribution is -2.04. The zero-order valence-corrected chi connectivity index (χ0v) is 8.58. The van der Waals surface area contributed by atoms with Gasteiger partial charge in [0.15, 0.2) is 0 Å². The monoisotopic (exact) mass is 209 g/mol. The molecule has 0 aromatic heterocycles. The molecule has 4 heteroatoms. The highest BCUT2D eigenvalue weighted by molar-refractivity contribution is 8.02. The number of methoxy groups -OCH3 is 1. The van der Waals surface area contributed by atoms with Crippen LogP contribution in [0.4, 0.5) is 0 Å². The number of rotatable bonds is 4. The molecule has 74 valence electrons. The van der Waals surface area contributed by atoms with E-state index in [2.05, 4.69) is 0 Å². The third kappa shape index (κ3) is 3.14. The number of carbonyl (C=O) groups is 1. The zero-order chi connectivity index (χ0) is 10.4. The van der Waals surface area contributed by atoms with Crippen LogP contribution in [0.15, 0.2) is 40.6 Å². The van der Waals surface area contributed by atoms with Gasteiger partial charge in [-0.25, -0.2) is 0 Å². The van der Waals surface area contributed by atoms with E-state index in [0.29, 0.717) is 0 Å². The Morgan fingerprint density at radius 1 is 1.50 bits per heavy atom. The summed E-state index contributed by atoms with van der Waals surface area (Å²) >= 11 is 1.39. The summed E-state index contributed by atoms with van der Waals surface area (Å²) in [5.41, 5.74) is 4.96. The first kappa shape index (κ1) is 10.7. The summed E-state index contributed by atoms with van der Waals surface area (Å²) in [6, 6.07) is 7.57. The summed E-state index contributed by atoms with van der Waals surface area (Å²) in [4.78, 5) is 11.4. The molecule has 0 unspecified atom stereocenters. The van der Waals surface area contributed by atoms with Gasteiger partial charge in [0, 0.05) is 6.08 Å². The van der Waals surface area contributed by atoms with E-state index >= 15 is 0 Å². The molecule has 0 radical (unpaired) electrons. The first-order valence-electron chi connectivity index (χ1n) is 3.99. The van der Waals surface area contributed by atoms with Gasteiger partial charge in [-0.2, -0.15) is 0 Å². The smallest absolute Gasteiger partial charge is 0.241 e. The largest absolute Gasteiger partial charge is 0.496 e. The van der Waals surface area contributed by atoms with Crippen LogP contribution >= 0.6 is 11.8 Å². The molecule has 0 bridgehead atoms. The van der Waals surface area contributed by atoms with Crippen LogP contribution in [-0.4, -0.2) is 13.0 Å². The first-order chi connectivity index (χ1) is 6.74. The lowest BCUT2D eigenvalue weighted by molar-refractivity contribution is -0.113. The molecule has 2 N–H and O–H groups in total. The molecule has 0 spiro atoms. The van der Waals surface area contributed by atoms with Crippen molar-refractivity contribution in [1.29, 1.82) is 0 Å². The van der Waals surface area contributed by atoms with Crippen LogP contribution in [0.5, 0.6) is 5.75 Å². The Hall–Kier alpha value is -1.42. The fraction of sp³-hybridized carbons (Fsp3) is 0.100. The van der Waals surface area contributed by atoms with Crippen molar-refractivity contribution in [2.75, 3.05) is 7.11 Å². The zero-order valence-electron chi connectivity index (χ0n) is 7.77. The second-order valence-corrected chi connectivity index (χ2v) is 3.42. The van der Waals surface area contributed by atoms with Crippen molar-refractivity contribution >= 4 is 17.7 Å². The summed E-state index contributed by atoms with van der Waals surface area (Å²) in [5, 5.41) is 1.64. The number of benzene rings is 1. The third-order valence-electron chi connectivity index (χ3n) is 1.50. The number of ether oxygens (including phenoxy) is 1. The Bertz CT molecular complexity index is 350. The van der Waals surface area contributed by atoms with E-state index in [0.717, 1.165) is 10.6 Å². The van der Waals surface area contributed by atoms with E-state index in [1.165, 1.54) is 17.8 Å². The van der Waals surface area contributed by atoms with Gasteiger partial charge < -0.3 is 10.5 Å². The number of nitrogens with two attached hydrogens (primary N) is 1. The van der Waals surface area contributed by atoms with E-state index in [4.69, 9.17) is 10.5 Å². The van der Waals surface area contributed by atoms with Crippen LogP contribution in [0, 0.1) is 0 Å². The van der Waals surface area contributed by atoms with Gasteiger partial charge in [-0.15, -0.1) is 0 Å². The highest BCUT2D eigenvalue weighted by Gasteiger charge is 1.98. The molecular formula is C10H11NO2S. The normalized spacial score (nSPS) is 10.4. The van der Waals surface area contributed by atoms with Crippen molar-refractivity contribution in [3.63, 3.8) is 0 Å². The summed E-state index contributed by atoms with van der Waals surface area (Å²) < 4.78 is 5.13. The van der Waals surface area contributed by atoms with E-state index in [1.807, 2.05) is 24.3 Å². The van der Waals surface area contributed by atoms with Crippen molar-refractivity contribution in [2.24, 2.45) is 5.73 Å². The van der Waals surface area contributed by atoms with Crippen molar-refractivity contribution < 1.29 is 9.53 Å². The molecule has 0 saturated carbocycles. The molecule has 0 saturated heterocycles. The minimum atomic E-state index is -0.451. The molecule has 0 aliphatic heterocycles. The predicted octanol–water partition coefficient (Wildman–Crippen LogP) is 1.79. The van der Waals surface area contributed by atoms with E-state index in [9.17, 15) is 4.79 Å². The number of amides is 1. The minimum absolute atomic E-state index is 0.451. The van der Waals surface area contributed by atoms with Gasteiger partial charge in [-0.05, 0) is 17.5 Å². The van der Waals surface area contributed by atoms with Gasteiger partial charge >= 0.3 is 0 Å². The molecular weight excluding hydrogens is 198 g/mol. The quantitative estimate of drug-likeness (QED) is 0.607. The standard InChI is InChI=1S/C10H11NO2S/c1-13-8-4-2-3-5-9(8)14-7-6-10(11)12/h2-7H,1H3,(H2,11,12). The Labute approximate surface area is 86.9 Å². The van der Waals surface area contributed by atoms with Gasteiger partial charge in [-0.1, -0.05) is 23.9 Å². The third-order valence-corrected chi connectivity index (χ3v) is 2.36. The first-order valence-corrected chi connectivity index (χ1v) is 4.87. The fourth-order valence-electron chi connectivity index (χ4n) is 0.891. The SMILES string of the molecule is COc1ccccc1SC=CC(N)=O. The highest BCUT2D eigenvalue weighted by atomic mass is 32.2. The maximum absolute atomic E-state index is 10.4. The lowest BCUT2D eigenvalue weighted by atomic mass is 10.3. The van der Waals surface area contributed by atoms with Gasteiger partial charge in [0.05, 0.1) is 12.0 Å². The molecule has 0 aliphatic rings. The number of hydrogen-bond acceptors (Lipinski definition) is 3. The number of carbonyl (C=O) groups excluding carboxylic acids is 1. The van der Waals surface area contributed by atoms with Crippen LogP contribution in [0.3, 0.4) is 0 Å². The molecule has 3 nitrogen and oxygen atoms in total. The van der Waals surface area contributed by atoms with Crippen molar-refractivity contribution in [2.45, 2.75) is 4.90 Å². The van der Waals surface area contributed by atoms with E-state index in [-0.39, 0.29) is 0 Å². The molecule has 1 aromatic rings. The molecule has 1 rings (SSSR count). The molecule has 14 heavy (non-hydrogen) atoms.